The Hall–Kier alpha value is -2.97. The summed E-state index contributed by atoms with van der Waals surface area (Å²) in [6.45, 7) is 5.74. The van der Waals surface area contributed by atoms with Crippen molar-refractivity contribution in [2.24, 2.45) is 0 Å². The second-order valence-corrected chi connectivity index (χ2v) is 8.10. The Morgan fingerprint density at radius 3 is 2.90 bits per heavy atom. The van der Waals surface area contributed by atoms with Gasteiger partial charge in [0.1, 0.15) is 11.3 Å². The molecule has 3 aromatic heterocycles. The van der Waals surface area contributed by atoms with E-state index in [-0.39, 0.29) is 5.91 Å². The Labute approximate surface area is 171 Å². The van der Waals surface area contributed by atoms with Gasteiger partial charge in [0, 0.05) is 62.9 Å². The standard InChI is InChI=1S/C21H20N4O3S/c1-14(26)25-9-7-24(8-10-25)12-15-13-27-18-11-16(4-5-17(15)18)28-21-23-20-19(29-21)3-2-6-22-20/h2-6,11,13H,7-10,12H2,1H3. The van der Waals surface area contributed by atoms with Crippen LogP contribution in [0.3, 0.4) is 0 Å². The summed E-state index contributed by atoms with van der Waals surface area (Å²) in [5.41, 5.74) is 2.63. The van der Waals surface area contributed by atoms with Crippen LogP contribution >= 0.6 is 11.3 Å². The number of benzene rings is 1. The highest BCUT2D eigenvalue weighted by atomic mass is 32.1. The lowest BCUT2D eigenvalue weighted by Gasteiger charge is -2.33. The van der Waals surface area contributed by atoms with Crippen molar-refractivity contribution in [1.82, 2.24) is 19.8 Å². The van der Waals surface area contributed by atoms with Crippen molar-refractivity contribution < 1.29 is 13.9 Å². The van der Waals surface area contributed by atoms with Crippen LogP contribution in [0.5, 0.6) is 10.9 Å². The van der Waals surface area contributed by atoms with Gasteiger partial charge in [-0.25, -0.2) is 4.98 Å². The van der Waals surface area contributed by atoms with E-state index in [2.05, 4.69) is 14.9 Å². The first kappa shape index (κ1) is 18.1. The summed E-state index contributed by atoms with van der Waals surface area (Å²) < 4.78 is 12.7. The second kappa shape index (κ2) is 7.46. The van der Waals surface area contributed by atoms with Gasteiger partial charge in [-0.2, -0.15) is 4.98 Å². The van der Waals surface area contributed by atoms with Crippen LogP contribution in [0.1, 0.15) is 12.5 Å². The van der Waals surface area contributed by atoms with Crippen LogP contribution in [0.15, 0.2) is 47.2 Å². The van der Waals surface area contributed by atoms with Crippen molar-refractivity contribution in [3.8, 4) is 10.9 Å². The Balaban J connectivity index is 1.30. The van der Waals surface area contributed by atoms with Crippen LogP contribution < -0.4 is 4.74 Å². The van der Waals surface area contributed by atoms with Crippen LogP contribution in [-0.2, 0) is 11.3 Å². The highest BCUT2D eigenvalue weighted by Crippen LogP contribution is 2.33. The highest BCUT2D eigenvalue weighted by molar-refractivity contribution is 7.20. The zero-order valence-corrected chi connectivity index (χ0v) is 16.8. The number of piperazine rings is 1. The van der Waals surface area contributed by atoms with Crippen molar-refractivity contribution in [1.29, 1.82) is 0 Å². The number of amides is 1. The number of pyridine rings is 1. The maximum Gasteiger partial charge on any atom is 0.281 e. The minimum Gasteiger partial charge on any atom is -0.464 e. The number of fused-ring (bicyclic) bond motifs is 2. The molecule has 0 N–H and O–H groups in total. The molecule has 5 rings (SSSR count). The van der Waals surface area contributed by atoms with Crippen molar-refractivity contribution >= 4 is 38.6 Å². The summed E-state index contributed by atoms with van der Waals surface area (Å²) in [6.07, 6.45) is 3.54. The lowest BCUT2D eigenvalue weighted by atomic mass is 10.1. The largest absolute Gasteiger partial charge is 0.464 e. The molecule has 7 nitrogen and oxygen atoms in total. The molecule has 1 fully saturated rings. The number of carbonyl (C=O) groups is 1. The molecule has 1 aliphatic rings. The number of aromatic nitrogens is 2. The molecule has 4 heterocycles. The molecule has 0 spiro atoms. The Bertz CT molecular complexity index is 1140. The van der Waals surface area contributed by atoms with Gasteiger partial charge >= 0.3 is 0 Å². The molecule has 0 atom stereocenters. The minimum absolute atomic E-state index is 0.148. The number of rotatable bonds is 4. The van der Waals surface area contributed by atoms with Gasteiger partial charge in [-0.15, -0.1) is 0 Å². The minimum atomic E-state index is 0.148. The lowest BCUT2D eigenvalue weighted by Crippen LogP contribution is -2.47. The molecule has 8 heteroatoms. The average molecular weight is 408 g/mol. The van der Waals surface area contributed by atoms with E-state index in [0.717, 1.165) is 54.0 Å². The lowest BCUT2D eigenvalue weighted by molar-refractivity contribution is -0.130. The van der Waals surface area contributed by atoms with Crippen LogP contribution in [0, 0.1) is 0 Å². The first-order valence-electron chi connectivity index (χ1n) is 9.53. The fourth-order valence-electron chi connectivity index (χ4n) is 3.60. The van der Waals surface area contributed by atoms with Gasteiger partial charge in [-0.3, -0.25) is 9.69 Å². The molecule has 1 amide bonds. The smallest absolute Gasteiger partial charge is 0.281 e. The molecule has 4 aromatic rings. The molecule has 0 bridgehead atoms. The van der Waals surface area contributed by atoms with E-state index in [1.54, 1.807) is 13.1 Å². The third-order valence-electron chi connectivity index (χ3n) is 5.19. The first-order valence-corrected chi connectivity index (χ1v) is 10.3. The quantitative estimate of drug-likeness (QED) is 0.510. The van der Waals surface area contributed by atoms with Crippen LogP contribution in [0.25, 0.3) is 21.3 Å². The Morgan fingerprint density at radius 1 is 1.24 bits per heavy atom. The third-order valence-corrected chi connectivity index (χ3v) is 6.08. The van der Waals surface area contributed by atoms with Gasteiger partial charge in [0.25, 0.3) is 5.19 Å². The summed E-state index contributed by atoms with van der Waals surface area (Å²) >= 11 is 1.47. The number of nitrogens with zero attached hydrogens (tertiary/aromatic N) is 4. The monoisotopic (exact) mass is 408 g/mol. The van der Waals surface area contributed by atoms with E-state index in [1.165, 1.54) is 11.3 Å². The SMILES string of the molecule is CC(=O)N1CCN(Cc2coc3cc(Oc4nc5ncccc5s4)ccc23)CC1. The summed E-state index contributed by atoms with van der Waals surface area (Å²) in [5.74, 6) is 0.836. The fraction of sp³-hybridized carbons (Fsp3) is 0.286. The van der Waals surface area contributed by atoms with Crippen molar-refractivity contribution in [2.45, 2.75) is 13.5 Å². The van der Waals surface area contributed by atoms with Gasteiger partial charge < -0.3 is 14.1 Å². The zero-order valence-electron chi connectivity index (χ0n) is 16.0. The van der Waals surface area contributed by atoms with E-state index < -0.39 is 0 Å². The van der Waals surface area contributed by atoms with Crippen LogP contribution in [0.4, 0.5) is 0 Å². The van der Waals surface area contributed by atoms with Crippen molar-refractivity contribution in [3.05, 3.63) is 48.4 Å². The van der Waals surface area contributed by atoms with E-state index in [1.807, 2.05) is 41.5 Å². The molecular formula is C21H20N4O3S. The summed E-state index contributed by atoms with van der Waals surface area (Å²) in [5, 5.41) is 1.64. The van der Waals surface area contributed by atoms with Crippen molar-refractivity contribution in [2.75, 3.05) is 26.2 Å². The number of thiazole rings is 1. The molecule has 1 saturated heterocycles. The maximum atomic E-state index is 11.5. The highest BCUT2D eigenvalue weighted by Gasteiger charge is 2.20. The number of hydrogen-bond donors (Lipinski definition) is 0. The zero-order chi connectivity index (χ0) is 19.8. The molecule has 0 aliphatic carbocycles. The number of carbonyl (C=O) groups excluding carboxylic acids is 1. The van der Waals surface area contributed by atoms with Crippen LogP contribution in [-0.4, -0.2) is 51.9 Å². The van der Waals surface area contributed by atoms with Crippen LogP contribution in [0.2, 0.25) is 0 Å². The molecule has 0 unspecified atom stereocenters. The van der Waals surface area contributed by atoms with E-state index in [4.69, 9.17) is 9.15 Å². The molecule has 1 aromatic carbocycles. The molecule has 0 saturated carbocycles. The Kier molecular flexibility index (Phi) is 4.65. The predicted octanol–water partition coefficient (Wildman–Crippen LogP) is 3.89. The topological polar surface area (TPSA) is 71.7 Å². The van der Waals surface area contributed by atoms with Gasteiger partial charge in [0.2, 0.25) is 5.91 Å². The molecule has 1 aliphatic heterocycles. The average Bonchev–Trinajstić information content (AvgIpc) is 3.31. The summed E-state index contributed by atoms with van der Waals surface area (Å²) in [4.78, 5) is 24.4. The number of ether oxygens (including phenoxy) is 1. The van der Waals surface area contributed by atoms with Gasteiger partial charge in [-0.05, 0) is 24.3 Å². The third kappa shape index (κ3) is 3.68. The first-order chi connectivity index (χ1) is 14.2. The summed E-state index contributed by atoms with van der Waals surface area (Å²) in [6, 6.07) is 9.73. The molecule has 29 heavy (non-hydrogen) atoms. The second-order valence-electron chi connectivity index (χ2n) is 7.11. The van der Waals surface area contributed by atoms with E-state index in [9.17, 15) is 4.79 Å². The number of hydrogen-bond acceptors (Lipinski definition) is 7. The van der Waals surface area contributed by atoms with E-state index >= 15 is 0 Å². The Morgan fingerprint density at radius 2 is 2.10 bits per heavy atom. The predicted molar refractivity (Wildman–Crippen MR) is 111 cm³/mol. The molecule has 148 valence electrons. The molecule has 0 radical (unpaired) electrons. The summed E-state index contributed by atoms with van der Waals surface area (Å²) in [7, 11) is 0. The normalized spacial score (nSPS) is 15.3. The van der Waals surface area contributed by atoms with Crippen molar-refractivity contribution in [3.63, 3.8) is 0 Å². The van der Waals surface area contributed by atoms with Gasteiger partial charge in [-0.1, -0.05) is 11.3 Å². The van der Waals surface area contributed by atoms with Gasteiger partial charge in [0.15, 0.2) is 5.65 Å². The molecular weight excluding hydrogens is 388 g/mol. The maximum absolute atomic E-state index is 11.5. The number of furan rings is 1. The fourth-order valence-corrected chi connectivity index (χ4v) is 4.40. The van der Waals surface area contributed by atoms with E-state index in [0.29, 0.717) is 16.6 Å². The van der Waals surface area contributed by atoms with Gasteiger partial charge in [0.05, 0.1) is 11.0 Å².